The van der Waals surface area contributed by atoms with Crippen LogP contribution >= 0.6 is 11.6 Å². The Bertz CT molecular complexity index is 393. The van der Waals surface area contributed by atoms with Crippen molar-refractivity contribution in [1.29, 1.82) is 5.41 Å². The van der Waals surface area contributed by atoms with Gasteiger partial charge in [-0.1, -0.05) is 44.2 Å². The van der Waals surface area contributed by atoms with Crippen molar-refractivity contribution in [3.8, 4) is 5.75 Å². The highest BCUT2D eigenvalue weighted by atomic mass is 35.5. The van der Waals surface area contributed by atoms with Crippen LogP contribution in [0.15, 0.2) is 18.2 Å². The number of benzene rings is 1. The van der Waals surface area contributed by atoms with E-state index in [1.807, 2.05) is 0 Å². The third kappa shape index (κ3) is 4.96. The molecule has 0 spiro atoms. The van der Waals surface area contributed by atoms with Crippen molar-refractivity contribution >= 4 is 17.4 Å². The molecule has 0 aliphatic rings. The summed E-state index contributed by atoms with van der Waals surface area (Å²) in [6.45, 7) is 2.86. The van der Waals surface area contributed by atoms with Gasteiger partial charge in [-0.3, -0.25) is 5.41 Å². The summed E-state index contributed by atoms with van der Waals surface area (Å²) in [5, 5.41) is 8.05. The lowest BCUT2D eigenvalue weighted by atomic mass is 10.1. The van der Waals surface area contributed by atoms with Gasteiger partial charge in [-0.2, -0.15) is 0 Å². The van der Waals surface area contributed by atoms with E-state index in [-0.39, 0.29) is 5.84 Å². The standard InChI is InChI=1S/C14H21ClN2O/c1-2-3-4-5-6-9-18-13-8-7-11(15)10-12(13)14(16)17/h7-8,10H,2-6,9H2,1H3,(H3,16,17). The van der Waals surface area contributed by atoms with Gasteiger partial charge in [0.2, 0.25) is 0 Å². The normalized spacial score (nSPS) is 10.3. The maximum absolute atomic E-state index is 7.48. The number of nitrogens with two attached hydrogens (primary N) is 1. The molecule has 0 aliphatic carbocycles. The highest BCUT2D eigenvalue weighted by molar-refractivity contribution is 6.31. The molecule has 1 rings (SSSR count). The fourth-order valence-electron chi connectivity index (χ4n) is 1.73. The minimum absolute atomic E-state index is 0.0153. The average molecular weight is 269 g/mol. The largest absolute Gasteiger partial charge is 0.493 e. The number of unbranched alkanes of at least 4 members (excludes halogenated alkanes) is 4. The summed E-state index contributed by atoms with van der Waals surface area (Å²) >= 11 is 5.87. The van der Waals surface area contributed by atoms with Crippen LogP contribution in [0.1, 0.15) is 44.6 Å². The number of hydrogen-bond donors (Lipinski definition) is 2. The van der Waals surface area contributed by atoms with Gasteiger partial charge in [0.1, 0.15) is 11.6 Å². The summed E-state index contributed by atoms with van der Waals surface area (Å²) in [5.41, 5.74) is 6.06. The fourth-order valence-corrected chi connectivity index (χ4v) is 1.90. The van der Waals surface area contributed by atoms with Crippen molar-refractivity contribution in [2.24, 2.45) is 5.73 Å². The lowest BCUT2D eigenvalue weighted by Crippen LogP contribution is -2.13. The summed E-state index contributed by atoms with van der Waals surface area (Å²) in [6.07, 6.45) is 5.98. The van der Waals surface area contributed by atoms with Crippen LogP contribution in [0.25, 0.3) is 0 Å². The molecule has 100 valence electrons. The van der Waals surface area contributed by atoms with Crippen LogP contribution in [0.5, 0.6) is 5.75 Å². The van der Waals surface area contributed by atoms with Crippen molar-refractivity contribution < 1.29 is 4.74 Å². The lowest BCUT2D eigenvalue weighted by molar-refractivity contribution is 0.304. The molecule has 3 nitrogen and oxygen atoms in total. The van der Waals surface area contributed by atoms with Gasteiger partial charge >= 0.3 is 0 Å². The predicted octanol–water partition coefficient (Wildman–Crippen LogP) is 3.97. The molecule has 0 aromatic heterocycles. The molecule has 0 aliphatic heterocycles. The van der Waals surface area contributed by atoms with E-state index in [9.17, 15) is 0 Å². The first-order valence-electron chi connectivity index (χ1n) is 6.42. The van der Waals surface area contributed by atoms with Gasteiger partial charge in [-0.15, -0.1) is 0 Å². The first-order valence-corrected chi connectivity index (χ1v) is 6.79. The molecule has 1 aromatic rings. The van der Waals surface area contributed by atoms with Gasteiger partial charge in [-0.25, -0.2) is 0 Å². The Labute approximate surface area is 114 Å². The zero-order valence-corrected chi connectivity index (χ0v) is 11.6. The fraction of sp³-hybridized carbons (Fsp3) is 0.500. The first kappa shape index (κ1) is 14.8. The van der Waals surface area contributed by atoms with Crippen LogP contribution in [-0.4, -0.2) is 12.4 Å². The number of halogens is 1. The first-order chi connectivity index (χ1) is 8.65. The molecule has 0 unspecified atom stereocenters. The van der Waals surface area contributed by atoms with Gasteiger partial charge < -0.3 is 10.5 Å². The average Bonchev–Trinajstić information content (AvgIpc) is 2.35. The van der Waals surface area contributed by atoms with Gasteiger partial charge in [-0.05, 0) is 24.6 Å². The van der Waals surface area contributed by atoms with Crippen LogP contribution in [0, 0.1) is 5.41 Å². The quantitative estimate of drug-likeness (QED) is 0.426. The zero-order valence-electron chi connectivity index (χ0n) is 10.8. The number of ether oxygens (including phenoxy) is 1. The second-order valence-corrected chi connectivity index (χ2v) is 4.75. The SMILES string of the molecule is CCCCCCCOc1ccc(Cl)cc1C(=N)N. The Kier molecular flexibility index (Phi) is 6.58. The topological polar surface area (TPSA) is 59.1 Å². The van der Waals surface area contributed by atoms with Crippen molar-refractivity contribution in [2.45, 2.75) is 39.0 Å². The van der Waals surface area contributed by atoms with Gasteiger partial charge in [0.25, 0.3) is 0 Å². The van der Waals surface area contributed by atoms with Crippen molar-refractivity contribution in [1.82, 2.24) is 0 Å². The van der Waals surface area contributed by atoms with Crippen molar-refractivity contribution in [3.05, 3.63) is 28.8 Å². The molecular formula is C14H21ClN2O. The minimum Gasteiger partial charge on any atom is -0.493 e. The van der Waals surface area contributed by atoms with Crippen molar-refractivity contribution in [3.63, 3.8) is 0 Å². The smallest absolute Gasteiger partial charge is 0.130 e. The number of rotatable bonds is 8. The summed E-state index contributed by atoms with van der Waals surface area (Å²) in [5.74, 6) is 0.626. The molecule has 3 N–H and O–H groups in total. The second-order valence-electron chi connectivity index (χ2n) is 4.32. The highest BCUT2D eigenvalue weighted by Gasteiger charge is 2.07. The van der Waals surface area contributed by atoms with E-state index >= 15 is 0 Å². The predicted molar refractivity (Wildman–Crippen MR) is 76.7 cm³/mol. The van der Waals surface area contributed by atoms with Crippen molar-refractivity contribution in [2.75, 3.05) is 6.61 Å². The lowest BCUT2D eigenvalue weighted by Gasteiger charge is -2.10. The van der Waals surface area contributed by atoms with Crippen LogP contribution in [0.4, 0.5) is 0 Å². The van der Waals surface area contributed by atoms with E-state index in [1.165, 1.54) is 25.7 Å². The second kappa shape index (κ2) is 7.98. The number of nitrogen functional groups attached to an aromatic ring is 1. The van der Waals surface area contributed by atoms with Crippen LogP contribution < -0.4 is 10.5 Å². The van der Waals surface area contributed by atoms with E-state index in [1.54, 1.807) is 18.2 Å². The maximum atomic E-state index is 7.48. The van der Waals surface area contributed by atoms with E-state index in [4.69, 9.17) is 27.5 Å². The molecule has 1 aromatic carbocycles. The summed E-state index contributed by atoms with van der Waals surface area (Å²) < 4.78 is 5.65. The highest BCUT2D eigenvalue weighted by Crippen LogP contribution is 2.22. The van der Waals surface area contributed by atoms with Crippen LogP contribution in [0.2, 0.25) is 5.02 Å². The summed E-state index contributed by atoms with van der Waals surface area (Å²) in [4.78, 5) is 0. The molecule has 0 saturated carbocycles. The zero-order chi connectivity index (χ0) is 13.4. The van der Waals surface area contributed by atoms with E-state index in [0.29, 0.717) is 22.9 Å². The van der Waals surface area contributed by atoms with Crippen LogP contribution in [0.3, 0.4) is 0 Å². The Hall–Kier alpha value is -1.22. The van der Waals surface area contributed by atoms with Gasteiger partial charge in [0.15, 0.2) is 0 Å². The molecular weight excluding hydrogens is 248 g/mol. The third-order valence-electron chi connectivity index (χ3n) is 2.74. The molecule has 0 bridgehead atoms. The Morgan fingerprint density at radius 1 is 1.28 bits per heavy atom. The van der Waals surface area contributed by atoms with Gasteiger partial charge in [0.05, 0.1) is 12.2 Å². The number of amidine groups is 1. The molecule has 0 saturated heterocycles. The molecule has 0 radical (unpaired) electrons. The Balaban J connectivity index is 2.44. The molecule has 18 heavy (non-hydrogen) atoms. The summed E-state index contributed by atoms with van der Waals surface area (Å²) in [7, 11) is 0. The molecule has 4 heteroatoms. The van der Waals surface area contributed by atoms with E-state index < -0.39 is 0 Å². The minimum atomic E-state index is -0.0153. The third-order valence-corrected chi connectivity index (χ3v) is 2.97. The molecule has 0 atom stereocenters. The van der Waals surface area contributed by atoms with Gasteiger partial charge in [0, 0.05) is 5.02 Å². The van der Waals surface area contributed by atoms with E-state index in [0.717, 1.165) is 6.42 Å². The molecule has 0 fully saturated rings. The number of hydrogen-bond acceptors (Lipinski definition) is 2. The van der Waals surface area contributed by atoms with Crippen LogP contribution in [-0.2, 0) is 0 Å². The molecule has 0 heterocycles. The Morgan fingerprint density at radius 2 is 2.00 bits per heavy atom. The number of nitrogens with one attached hydrogen (secondary N) is 1. The monoisotopic (exact) mass is 268 g/mol. The summed E-state index contributed by atoms with van der Waals surface area (Å²) in [6, 6.07) is 5.18. The molecule has 0 amide bonds. The maximum Gasteiger partial charge on any atom is 0.130 e. The van der Waals surface area contributed by atoms with E-state index in [2.05, 4.69) is 6.92 Å². The Morgan fingerprint density at radius 3 is 2.67 bits per heavy atom.